The lowest BCUT2D eigenvalue weighted by molar-refractivity contribution is -0.143. The monoisotopic (exact) mass is 293 g/mol. The molecule has 2 rings (SSSR count). The molecule has 1 saturated heterocycles. The van der Waals surface area contributed by atoms with Crippen LogP contribution in [-0.4, -0.2) is 63.6 Å². The SMILES string of the molecule is CCCn1cccc1C(=O)N1CCN(C(C)C(=O)O)CC1. The van der Waals surface area contributed by atoms with Crippen molar-refractivity contribution < 1.29 is 14.7 Å². The van der Waals surface area contributed by atoms with E-state index in [-0.39, 0.29) is 5.91 Å². The van der Waals surface area contributed by atoms with Gasteiger partial charge in [0.05, 0.1) is 0 Å². The van der Waals surface area contributed by atoms with Crippen LogP contribution in [0.15, 0.2) is 18.3 Å². The van der Waals surface area contributed by atoms with Gasteiger partial charge in [-0.15, -0.1) is 0 Å². The molecule has 0 aliphatic carbocycles. The van der Waals surface area contributed by atoms with Crippen molar-refractivity contribution in [2.75, 3.05) is 26.2 Å². The number of carboxylic acid groups (broad SMARTS) is 1. The molecular weight excluding hydrogens is 270 g/mol. The molecule has 1 atom stereocenters. The van der Waals surface area contributed by atoms with Crippen molar-refractivity contribution in [1.29, 1.82) is 0 Å². The number of hydrogen-bond acceptors (Lipinski definition) is 3. The Labute approximate surface area is 124 Å². The molecule has 1 fully saturated rings. The van der Waals surface area contributed by atoms with Crippen molar-refractivity contribution in [2.24, 2.45) is 0 Å². The molecule has 116 valence electrons. The highest BCUT2D eigenvalue weighted by Gasteiger charge is 2.28. The summed E-state index contributed by atoms with van der Waals surface area (Å²) in [4.78, 5) is 27.2. The van der Waals surface area contributed by atoms with Gasteiger partial charge >= 0.3 is 5.97 Å². The van der Waals surface area contributed by atoms with Crippen LogP contribution in [0.4, 0.5) is 0 Å². The predicted molar refractivity (Wildman–Crippen MR) is 79.3 cm³/mol. The van der Waals surface area contributed by atoms with Crippen molar-refractivity contribution in [3.05, 3.63) is 24.0 Å². The number of carbonyl (C=O) groups excluding carboxylic acids is 1. The Balaban J connectivity index is 1.97. The van der Waals surface area contributed by atoms with Crippen LogP contribution in [0.2, 0.25) is 0 Å². The summed E-state index contributed by atoms with van der Waals surface area (Å²) in [5.74, 6) is -0.775. The van der Waals surface area contributed by atoms with E-state index in [1.165, 1.54) is 0 Å². The van der Waals surface area contributed by atoms with Gasteiger partial charge in [-0.2, -0.15) is 0 Å². The number of hydrogen-bond donors (Lipinski definition) is 1. The van der Waals surface area contributed by atoms with Crippen LogP contribution in [0.1, 0.15) is 30.8 Å². The highest BCUT2D eigenvalue weighted by atomic mass is 16.4. The Morgan fingerprint density at radius 3 is 2.52 bits per heavy atom. The third kappa shape index (κ3) is 3.44. The van der Waals surface area contributed by atoms with Crippen molar-refractivity contribution in [3.63, 3.8) is 0 Å². The van der Waals surface area contributed by atoms with Crippen molar-refractivity contribution in [2.45, 2.75) is 32.9 Å². The van der Waals surface area contributed by atoms with Crippen LogP contribution in [-0.2, 0) is 11.3 Å². The number of carbonyl (C=O) groups is 2. The second kappa shape index (κ2) is 6.76. The first-order valence-corrected chi connectivity index (χ1v) is 7.46. The van der Waals surface area contributed by atoms with E-state index in [2.05, 4.69) is 6.92 Å². The molecule has 2 heterocycles. The van der Waals surface area contributed by atoms with Crippen LogP contribution in [0, 0.1) is 0 Å². The molecule has 1 aliphatic rings. The Morgan fingerprint density at radius 2 is 1.95 bits per heavy atom. The first kappa shape index (κ1) is 15.6. The molecule has 1 aromatic heterocycles. The molecule has 0 saturated carbocycles. The van der Waals surface area contributed by atoms with Crippen LogP contribution in [0.5, 0.6) is 0 Å². The van der Waals surface area contributed by atoms with Gasteiger partial charge in [0.25, 0.3) is 5.91 Å². The average molecular weight is 293 g/mol. The summed E-state index contributed by atoms with van der Waals surface area (Å²) in [5.41, 5.74) is 0.719. The van der Waals surface area contributed by atoms with Gasteiger partial charge in [0.1, 0.15) is 11.7 Å². The number of amides is 1. The number of nitrogens with zero attached hydrogens (tertiary/aromatic N) is 3. The summed E-state index contributed by atoms with van der Waals surface area (Å²) >= 11 is 0. The molecule has 0 bridgehead atoms. The van der Waals surface area contributed by atoms with E-state index >= 15 is 0 Å². The molecule has 0 radical (unpaired) electrons. The summed E-state index contributed by atoms with van der Waals surface area (Å²) in [6.07, 6.45) is 2.92. The molecule has 1 N–H and O–H groups in total. The molecule has 1 amide bonds. The summed E-state index contributed by atoms with van der Waals surface area (Å²) < 4.78 is 1.98. The molecule has 1 aliphatic heterocycles. The van der Waals surface area contributed by atoms with Crippen LogP contribution in [0.25, 0.3) is 0 Å². The lowest BCUT2D eigenvalue weighted by atomic mass is 10.2. The van der Waals surface area contributed by atoms with Gasteiger partial charge in [0.15, 0.2) is 0 Å². The van der Waals surface area contributed by atoms with Crippen molar-refractivity contribution in [1.82, 2.24) is 14.4 Å². The number of piperazine rings is 1. The second-order valence-electron chi connectivity index (χ2n) is 5.43. The van der Waals surface area contributed by atoms with E-state index in [0.717, 1.165) is 18.7 Å². The molecule has 6 heteroatoms. The van der Waals surface area contributed by atoms with Crippen molar-refractivity contribution in [3.8, 4) is 0 Å². The maximum atomic E-state index is 12.5. The number of aliphatic carboxylic acids is 1. The fraction of sp³-hybridized carbons (Fsp3) is 0.600. The first-order chi connectivity index (χ1) is 10.0. The number of aryl methyl sites for hydroxylation is 1. The van der Waals surface area contributed by atoms with E-state index in [1.807, 2.05) is 32.7 Å². The molecule has 6 nitrogen and oxygen atoms in total. The Hall–Kier alpha value is -1.82. The molecule has 0 spiro atoms. The summed E-state index contributed by atoms with van der Waals surface area (Å²) in [7, 11) is 0. The largest absolute Gasteiger partial charge is 0.480 e. The highest BCUT2D eigenvalue weighted by Crippen LogP contribution is 2.12. The van der Waals surface area contributed by atoms with Gasteiger partial charge in [-0.3, -0.25) is 14.5 Å². The van der Waals surface area contributed by atoms with Crippen LogP contribution in [0.3, 0.4) is 0 Å². The quantitative estimate of drug-likeness (QED) is 0.884. The van der Waals surface area contributed by atoms with Gasteiger partial charge in [0, 0.05) is 38.9 Å². The van der Waals surface area contributed by atoms with E-state index < -0.39 is 12.0 Å². The Bertz CT molecular complexity index is 504. The normalized spacial score (nSPS) is 17.7. The molecular formula is C15H23N3O3. The first-order valence-electron chi connectivity index (χ1n) is 7.46. The van der Waals surface area contributed by atoms with Gasteiger partial charge in [0.2, 0.25) is 0 Å². The molecule has 21 heavy (non-hydrogen) atoms. The fourth-order valence-electron chi connectivity index (χ4n) is 2.67. The van der Waals surface area contributed by atoms with Crippen LogP contribution >= 0.6 is 0 Å². The van der Waals surface area contributed by atoms with Gasteiger partial charge in [-0.05, 0) is 25.5 Å². The van der Waals surface area contributed by atoms with E-state index in [0.29, 0.717) is 26.2 Å². The maximum Gasteiger partial charge on any atom is 0.320 e. The zero-order chi connectivity index (χ0) is 15.4. The molecule has 1 aromatic rings. The Morgan fingerprint density at radius 1 is 1.29 bits per heavy atom. The topological polar surface area (TPSA) is 65.8 Å². The minimum atomic E-state index is -0.813. The van der Waals surface area contributed by atoms with Crippen LogP contribution < -0.4 is 0 Å². The minimum absolute atomic E-state index is 0.0380. The zero-order valence-electron chi connectivity index (χ0n) is 12.7. The van der Waals surface area contributed by atoms with Gasteiger partial charge in [-0.25, -0.2) is 0 Å². The maximum absolute atomic E-state index is 12.5. The summed E-state index contributed by atoms with van der Waals surface area (Å²) in [6, 6.07) is 3.25. The summed E-state index contributed by atoms with van der Waals surface area (Å²) in [6.45, 7) is 6.97. The standard InChI is InChI=1S/C15H23N3O3/c1-3-6-17-7-4-5-13(17)14(19)18-10-8-16(9-11-18)12(2)15(20)21/h4-5,7,12H,3,6,8-11H2,1-2H3,(H,20,21). The van der Waals surface area contributed by atoms with E-state index in [1.54, 1.807) is 6.92 Å². The Kier molecular flexibility index (Phi) is 5.01. The second-order valence-corrected chi connectivity index (χ2v) is 5.43. The summed E-state index contributed by atoms with van der Waals surface area (Å²) in [5, 5.41) is 9.03. The van der Waals surface area contributed by atoms with E-state index in [4.69, 9.17) is 5.11 Å². The zero-order valence-corrected chi connectivity index (χ0v) is 12.7. The lowest BCUT2D eigenvalue weighted by Crippen LogP contribution is -2.53. The number of aromatic nitrogens is 1. The third-order valence-electron chi connectivity index (χ3n) is 4.02. The third-order valence-corrected chi connectivity index (χ3v) is 4.02. The van der Waals surface area contributed by atoms with Gasteiger partial charge in [-0.1, -0.05) is 6.92 Å². The highest BCUT2D eigenvalue weighted by molar-refractivity contribution is 5.92. The lowest BCUT2D eigenvalue weighted by Gasteiger charge is -2.36. The average Bonchev–Trinajstić information content (AvgIpc) is 2.94. The molecule has 1 unspecified atom stereocenters. The van der Waals surface area contributed by atoms with E-state index in [9.17, 15) is 9.59 Å². The molecule has 0 aromatic carbocycles. The van der Waals surface area contributed by atoms with Crippen molar-refractivity contribution >= 4 is 11.9 Å². The minimum Gasteiger partial charge on any atom is -0.480 e. The number of rotatable bonds is 5. The predicted octanol–water partition coefficient (Wildman–Crippen LogP) is 1.13. The smallest absolute Gasteiger partial charge is 0.320 e. The number of carboxylic acids is 1. The fourth-order valence-corrected chi connectivity index (χ4v) is 2.67. The van der Waals surface area contributed by atoms with Gasteiger partial charge < -0.3 is 14.6 Å².